The van der Waals surface area contributed by atoms with E-state index < -0.39 is 0 Å². The fraction of sp³-hybridized carbons (Fsp3) is 0.0714. The first-order chi connectivity index (χ1) is 8.72. The molecule has 0 atom stereocenters. The summed E-state index contributed by atoms with van der Waals surface area (Å²) >= 11 is 6.96. The van der Waals surface area contributed by atoms with E-state index in [1.807, 2.05) is 6.20 Å². The fourth-order valence-corrected chi connectivity index (χ4v) is 2.80. The van der Waals surface area contributed by atoms with E-state index >= 15 is 0 Å². The molecule has 2 aromatic heterocycles. The van der Waals surface area contributed by atoms with E-state index in [2.05, 4.69) is 77.9 Å². The molecule has 0 saturated carbocycles. The van der Waals surface area contributed by atoms with Gasteiger partial charge in [-0.15, -0.1) is 0 Å². The van der Waals surface area contributed by atoms with Crippen LogP contribution in [-0.2, 0) is 6.54 Å². The van der Waals surface area contributed by atoms with E-state index in [-0.39, 0.29) is 0 Å². The molecular weight excluding hydrogens is 356 g/mol. The van der Waals surface area contributed by atoms with Crippen molar-refractivity contribution in [3.05, 3.63) is 63.4 Å². The van der Waals surface area contributed by atoms with Crippen LogP contribution in [0.2, 0.25) is 0 Å². The average Bonchev–Trinajstić information content (AvgIpc) is 2.72. The van der Waals surface area contributed by atoms with Gasteiger partial charge in [-0.3, -0.25) is 4.98 Å². The average molecular weight is 366 g/mol. The summed E-state index contributed by atoms with van der Waals surface area (Å²) < 4.78 is 4.34. The van der Waals surface area contributed by atoms with Crippen LogP contribution in [0.25, 0.3) is 10.9 Å². The summed E-state index contributed by atoms with van der Waals surface area (Å²) in [7, 11) is 0. The Hall–Kier alpha value is -1.13. The molecule has 0 saturated heterocycles. The van der Waals surface area contributed by atoms with Crippen LogP contribution in [-0.4, -0.2) is 9.55 Å². The van der Waals surface area contributed by atoms with Crippen molar-refractivity contribution in [2.75, 3.05) is 0 Å². The Bertz CT molecular complexity index is 704. The van der Waals surface area contributed by atoms with Crippen LogP contribution in [0.1, 0.15) is 5.56 Å². The third kappa shape index (κ3) is 2.35. The Morgan fingerprint density at radius 2 is 1.89 bits per heavy atom. The van der Waals surface area contributed by atoms with Gasteiger partial charge in [0.15, 0.2) is 0 Å². The first-order valence-corrected chi connectivity index (χ1v) is 7.15. The second-order valence-corrected chi connectivity index (χ2v) is 5.99. The second kappa shape index (κ2) is 4.86. The first kappa shape index (κ1) is 11.9. The molecule has 1 aromatic carbocycles. The molecule has 3 rings (SSSR count). The molecule has 2 nitrogen and oxygen atoms in total. The molecule has 0 radical (unpaired) electrons. The van der Waals surface area contributed by atoms with Crippen LogP contribution in [0.3, 0.4) is 0 Å². The predicted molar refractivity (Wildman–Crippen MR) is 80.7 cm³/mol. The second-order valence-electron chi connectivity index (χ2n) is 4.16. The van der Waals surface area contributed by atoms with Gasteiger partial charge in [-0.2, -0.15) is 0 Å². The summed E-state index contributed by atoms with van der Waals surface area (Å²) in [6.45, 7) is 0.826. The molecule has 90 valence electrons. The Morgan fingerprint density at radius 3 is 2.72 bits per heavy atom. The monoisotopic (exact) mass is 364 g/mol. The summed E-state index contributed by atoms with van der Waals surface area (Å²) in [6, 6.07) is 10.5. The molecule has 0 unspecified atom stereocenters. The molecule has 4 heteroatoms. The highest BCUT2D eigenvalue weighted by molar-refractivity contribution is 9.10. The van der Waals surface area contributed by atoms with E-state index in [4.69, 9.17) is 0 Å². The summed E-state index contributed by atoms with van der Waals surface area (Å²) in [5.41, 5.74) is 2.41. The molecule has 18 heavy (non-hydrogen) atoms. The molecule has 0 spiro atoms. The van der Waals surface area contributed by atoms with Gasteiger partial charge in [-0.25, -0.2) is 0 Å². The predicted octanol–water partition coefficient (Wildman–Crippen LogP) is 4.61. The number of rotatable bonds is 2. The van der Waals surface area contributed by atoms with Crippen molar-refractivity contribution in [1.82, 2.24) is 9.55 Å². The van der Waals surface area contributed by atoms with Gasteiger partial charge < -0.3 is 4.57 Å². The van der Waals surface area contributed by atoms with Crippen LogP contribution in [0, 0.1) is 0 Å². The highest BCUT2D eigenvalue weighted by Crippen LogP contribution is 2.22. The van der Waals surface area contributed by atoms with Gasteiger partial charge in [-0.05, 0) is 51.1 Å². The maximum Gasteiger partial charge on any atom is 0.0494 e. The normalized spacial score (nSPS) is 11.0. The highest BCUT2D eigenvalue weighted by Gasteiger charge is 2.03. The zero-order chi connectivity index (χ0) is 12.5. The molecular formula is C14H10Br2N2. The van der Waals surface area contributed by atoms with Crippen LogP contribution in [0.15, 0.2) is 57.9 Å². The zero-order valence-electron chi connectivity index (χ0n) is 9.48. The largest absolute Gasteiger partial charge is 0.343 e. The number of fused-ring (bicyclic) bond motifs is 1. The lowest BCUT2D eigenvalue weighted by Crippen LogP contribution is -1.98. The van der Waals surface area contributed by atoms with Crippen LogP contribution < -0.4 is 0 Å². The van der Waals surface area contributed by atoms with Crippen molar-refractivity contribution in [3.8, 4) is 0 Å². The SMILES string of the molecule is Brc1cncc(Cn2ccc3ccc(Br)cc32)c1. The van der Waals surface area contributed by atoms with Crippen LogP contribution in [0.5, 0.6) is 0 Å². The van der Waals surface area contributed by atoms with Crippen LogP contribution in [0.4, 0.5) is 0 Å². The van der Waals surface area contributed by atoms with Crippen LogP contribution >= 0.6 is 31.9 Å². The number of benzene rings is 1. The highest BCUT2D eigenvalue weighted by atomic mass is 79.9. The number of aromatic nitrogens is 2. The van der Waals surface area contributed by atoms with Gasteiger partial charge in [0.2, 0.25) is 0 Å². The Morgan fingerprint density at radius 1 is 1.00 bits per heavy atom. The van der Waals surface area contributed by atoms with Crippen molar-refractivity contribution in [1.29, 1.82) is 0 Å². The van der Waals surface area contributed by atoms with Crippen molar-refractivity contribution in [2.24, 2.45) is 0 Å². The van der Waals surface area contributed by atoms with Gasteiger partial charge in [0.05, 0.1) is 0 Å². The van der Waals surface area contributed by atoms with Gasteiger partial charge in [0.1, 0.15) is 0 Å². The number of pyridine rings is 1. The molecule has 0 bridgehead atoms. The smallest absolute Gasteiger partial charge is 0.0494 e. The fourth-order valence-electron chi connectivity index (χ4n) is 2.03. The minimum atomic E-state index is 0.826. The van der Waals surface area contributed by atoms with Crippen molar-refractivity contribution in [2.45, 2.75) is 6.54 Å². The van der Waals surface area contributed by atoms with Crippen molar-refractivity contribution in [3.63, 3.8) is 0 Å². The summed E-state index contributed by atoms with van der Waals surface area (Å²) in [5, 5.41) is 1.25. The molecule has 0 N–H and O–H groups in total. The van der Waals surface area contributed by atoms with E-state index in [1.165, 1.54) is 16.5 Å². The van der Waals surface area contributed by atoms with E-state index in [0.717, 1.165) is 15.5 Å². The van der Waals surface area contributed by atoms with E-state index in [0.29, 0.717) is 0 Å². The Balaban J connectivity index is 2.02. The van der Waals surface area contributed by atoms with Crippen molar-refractivity contribution < 1.29 is 0 Å². The lowest BCUT2D eigenvalue weighted by atomic mass is 10.2. The standard InChI is InChI=1S/C14H10Br2N2/c15-12-2-1-11-3-4-18(14(11)6-12)9-10-5-13(16)8-17-7-10/h1-8H,9H2. The van der Waals surface area contributed by atoms with Gasteiger partial charge >= 0.3 is 0 Å². The van der Waals surface area contributed by atoms with E-state index in [1.54, 1.807) is 6.20 Å². The Labute approximate surface area is 122 Å². The molecule has 0 aliphatic rings. The maximum atomic E-state index is 4.19. The minimum Gasteiger partial charge on any atom is -0.343 e. The summed E-state index contributed by atoms with van der Waals surface area (Å²) in [6.07, 6.45) is 5.81. The first-order valence-electron chi connectivity index (χ1n) is 5.56. The topological polar surface area (TPSA) is 17.8 Å². The Kier molecular flexibility index (Phi) is 3.22. The lowest BCUT2D eigenvalue weighted by molar-refractivity contribution is 0.830. The number of hydrogen-bond acceptors (Lipinski definition) is 1. The molecule has 2 heterocycles. The zero-order valence-corrected chi connectivity index (χ0v) is 12.6. The molecule has 0 amide bonds. The minimum absolute atomic E-state index is 0.826. The molecule has 0 aliphatic heterocycles. The lowest BCUT2D eigenvalue weighted by Gasteiger charge is -2.06. The maximum absolute atomic E-state index is 4.19. The molecule has 3 aromatic rings. The third-order valence-corrected chi connectivity index (χ3v) is 3.78. The van der Waals surface area contributed by atoms with Gasteiger partial charge in [-0.1, -0.05) is 22.0 Å². The van der Waals surface area contributed by atoms with Gasteiger partial charge in [0.25, 0.3) is 0 Å². The third-order valence-electron chi connectivity index (χ3n) is 2.85. The summed E-state index contributed by atoms with van der Waals surface area (Å²) in [5.74, 6) is 0. The van der Waals surface area contributed by atoms with Crippen molar-refractivity contribution >= 4 is 42.8 Å². The van der Waals surface area contributed by atoms with Gasteiger partial charge in [0, 0.05) is 39.6 Å². The molecule has 0 fully saturated rings. The summed E-state index contributed by atoms with van der Waals surface area (Å²) in [4.78, 5) is 4.19. The quantitative estimate of drug-likeness (QED) is 0.648. The van der Waals surface area contributed by atoms with E-state index in [9.17, 15) is 0 Å². The number of hydrogen-bond donors (Lipinski definition) is 0. The molecule has 0 aliphatic carbocycles. The number of halogens is 2. The number of nitrogens with zero attached hydrogens (tertiary/aromatic N) is 2.